The predicted molar refractivity (Wildman–Crippen MR) is 85.8 cm³/mol. The average molecular weight is 393 g/mol. The molecular weight excluding hydrogens is 378 g/mol. The summed E-state index contributed by atoms with van der Waals surface area (Å²) in [6.45, 7) is 6.40. The zero-order chi connectivity index (χ0) is 15.8. The van der Waals surface area contributed by atoms with Crippen molar-refractivity contribution in [3.63, 3.8) is 0 Å². The van der Waals surface area contributed by atoms with E-state index in [9.17, 15) is 8.42 Å². The summed E-state index contributed by atoms with van der Waals surface area (Å²) in [5.41, 5.74) is 1.83. The van der Waals surface area contributed by atoms with Gasteiger partial charge in [0.25, 0.3) is 14.2 Å². The van der Waals surface area contributed by atoms with Gasteiger partial charge in [0.15, 0.2) is 5.82 Å². The molecule has 0 radical (unpaired) electrons. The molecule has 0 aliphatic heterocycles. The number of aromatic nitrogens is 3. The van der Waals surface area contributed by atoms with Crippen molar-refractivity contribution >= 4 is 35.7 Å². The van der Waals surface area contributed by atoms with E-state index >= 15 is 0 Å². The molecule has 21 heavy (non-hydrogen) atoms. The predicted octanol–water partition coefficient (Wildman–Crippen LogP) is 3.60. The van der Waals surface area contributed by atoms with Crippen LogP contribution in [0.3, 0.4) is 0 Å². The lowest BCUT2D eigenvalue weighted by Gasteiger charge is -2.12. The zero-order valence-electron chi connectivity index (χ0n) is 11.8. The van der Waals surface area contributed by atoms with Gasteiger partial charge in [0.2, 0.25) is 0 Å². The van der Waals surface area contributed by atoms with Crippen molar-refractivity contribution in [3.05, 3.63) is 28.2 Å². The van der Waals surface area contributed by atoms with Gasteiger partial charge in [-0.05, 0) is 36.6 Å². The molecule has 0 N–H and O–H groups in total. The maximum absolute atomic E-state index is 11.6. The van der Waals surface area contributed by atoms with E-state index in [2.05, 4.69) is 26.1 Å². The molecule has 0 saturated carbocycles. The molecule has 114 valence electrons. The fraction of sp³-hybridized carbons (Fsp3) is 0.385. The van der Waals surface area contributed by atoms with Crippen LogP contribution in [0.25, 0.3) is 11.4 Å². The Kier molecular flexibility index (Phi) is 4.75. The summed E-state index contributed by atoms with van der Waals surface area (Å²) < 4.78 is 25.7. The number of benzene rings is 1. The van der Waals surface area contributed by atoms with E-state index in [1.807, 2.05) is 39.0 Å². The third kappa shape index (κ3) is 3.84. The topological polar surface area (TPSA) is 64.8 Å². The molecule has 1 aromatic heterocycles. The third-order valence-corrected chi connectivity index (χ3v) is 4.39. The van der Waals surface area contributed by atoms with Crippen LogP contribution in [0.1, 0.15) is 19.4 Å². The van der Waals surface area contributed by atoms with E-state index in [0.29, 0.717) is 12.4 Å². The number of aryl methyl sites for hydroxylation is 1. The minimum absolute atomic E-state index is 0.217. The van der Waals surface area contributed by atoms with Crippen molar-refractivity contribution in [1.82, 2.24) is 14.8 Å². The number of hydrogen-bond acceptors (Lipinski definition) is 4. The minimum Gasteiger partial charge on any atom is -0.297 e. The Balaban J connectivity index is 2.66. The Bertz CT molecular complexity index is 751. The van der Waals surface area contributed by atoms with Crippen molar-refractivity contribution in [2.45, 2.75) is 32.5 Å². The van der Waals surface area contributed by atoms with Crippen LogP contribution >= 0.6 is 26.6 Å². The van der Waals surface area contributed by atoms with Gasteiger partial charge in [-0.1, -0.05) is 29.8 Å². The average Bonchev–Trinajstić information content (AvgIpc) is 2.69. The highest BCUT2D eigenvalue weighted by atomic mass is 79.9. The molecule has 2 aromatic rings. The van der Waals surface area contributed by atoms with Gasteiger partial charge in [-0.15, -0.1) is 10.2 Å². The number of hydrogen-bond donors (Lipinski definition) is 0. The minimum atomic E-state index is -3.94. The molecule has 1 heterocycles. The SMILES string of the molecule is Cc1cc(Br)cc(-c2nnc(S(=O)(=O)Cl)n2CC(C)C)c1. The highest BCUT2D eigenvalue weighted by molar-refractivity contribution is 9.10. The second-order valence-corrected chi connectivity index (χ2v) is 8.64. The van der Waals surface area contributed by atoms with E-state index in [0.717, 1.165) is 15.6 Å². The summed E-state index contributed by atoms with van der Waals surface area (Å²) in [6, 6.07) is 5.76. The number of rotatable bonds is 4. The first-order valence-corrected chi connectivity index (χ1v) is 9.44. The molecule has 2 rings (SSSR count). The van der Waals surface area contributed by atoms with Crippen molar-refractivity contribution in [2.75, 3.05) is 0 Å². The Labute approximate surface area is 136 Å². The Morgan fingerprint density at radius 1 is 1.29 bits per heavy atom. The largest absolute Gasteiger partial charge is 0.297 e. The molecule has 0 aliphatic carbocycles. The first-order chi connectivity index (χ1) is 9.68. The second-order valence-electron chi connectivity index (χ2n) is 5.27. The second kappa shape index (κ2) is 6.06. The third-order valence-electron chi connectivity index (χ3n) is 2.78. The molecule has 0 amide bonds. The Morgan fingerprint density at radius 3 is 2.48 bits per heavy atom. The van der Waals surface area contributed by atoms with Gasteiger partial charge < -0.3 is 0 Å². The van der Waals surface area contributed by atoms with E-state index < -0.39 is 9.05 Å². The molecule has 5 nitrogen and oxygen atoms in total. The molecular formula is C13H15BrClN3O2S. The summed E-state index contributed by atoms with van der Waals surface area (Å²) in [6.07, 6.45) is 0. The number of halogens is 2. The maximum atomic E-state index is 11.6. The summed E-state index contributed by atoms with van der Waals surface area (Å²) in [5.74, 6) is 0.720. The van der Waals surface area contributed by atoms with Gasteiger partial charge in [-0.2, -0.15) is 0 Å². The van der Waals surface area contributed by atoms with Crippen molar-refractivity contribution in [1.29, 1.82) is 0 Å². The normalized spacial score (nSPS) is 12.1. The van der Waals surface area contributed by atoms with Gasteiger partial charge in [0.1, 0.15) is 0 Å². The lowest BCUT2D eigenvalue weighted by molar-refractivity contribution is 0.488. The molecule has 0 spiro atoms. The first-order valence-electron chi connectivity index (χ1n) is 6.34. The molecule has 0 saturated heterocycles. The summed E-state index contributed by atoms with van der Waals surface area (Å²) >= 11 is 3.43. The van der Waals surface area contributed by atoms with Crippen LogP contribution in [0, 0.1) is 12.8 Å². The summed E-state index contributed by atoms with van der Waals surface area (Å²) in [7, 11) is 1.51. The van der Waals surface area contributed by atoms with E-state index in [4.69, 9.17) is 10.7 Å². The van der Waals surface area contributed by atoms with Crippen LogP contribution in [0.4, 0.5) is 0 Å². The molecule has 0 aliphatic rings. The number of nitrogens with zero attached hydrogens (tertiary/aromatic N) is 3. The molecule has 0 bridgehead atoms. The molecule has 0 fully saturated rings. The van der Waals surface area contributed by atoms with Crippen LogP contribution in [-0.4, -0.2) is 23.2 Å². The smallest absolute Gasteiger partial charge is 0.296 e. The highest BCUT2D eigenvalue weighted by Crippen LogP contribution is 2.27. The monoisotopic (exact) mass is 391 g/mol. The van der Waals surface area contributed by atoms with Crippen molar-refractivity contribution in [2.24, 2.45) is 5.92 Å². The molecule has 1 aromatic carbocycles. The fourth-order valence-corrected chi connectivity index (χ4v) is 3.59. The van der Waals surface area contributed by atoms with Gasteiger partial charge >= 0.3 is 0 Å². The van der Waals surface area contributed by atoms with Crippen molar-refractivity contribution in [3.8, 4) is 11.4 Å². The van der Waals surface area contributed by atoms with Gasteiger partial charge in [0, 0.05) is 27.3 Å². The molecule has 8 heteroatoms. The summed E-state index contributed by atoms with van der Waals surface area (Å²) in [5, 5.41) is 7.55. The van der Waals surface area contributed by atoms with Gasteiger partial charge in [-0.25, -0.2) is 8.42 Å². The van der Waals surface area contributed by atoms with E-state index in [1.165, 1.54) is 0 Å². The van der Waals surface area contributed by atoms with Crippen molar-refractivity contribution < 1.29 is 8.42 Å². The highest BCUT2D eigenvalue weighted by Gasteiger charge is 2.24. The lowest BCUT2D eigenvalue weighted by Crippen LogP contribution is -2.11. The molecule has 0 atom stereocenters. The van der Waals surface area contributed by atoms with Crippen LogP contribution in [0.2, 0.25) is 0 Å². The fourth-order valence-electron chi connectivity index (χ4n) is 2.08. The van der Waals surface area contributed by atoms with Crippen LogP contribution < -0.4 is 0 Å². The van der Waals surface area contributed by atoms with Crippen LogP contribution in [0.15, 0.2) is 27.8 Å². The molecule has 0 unspecified atom stereocenters. The lowest BCUT2D eigenvalue weighted by atomic mass is 10.1. The Hall–Kier alpha value is -0.920. The van der Waals surface area contributed by atoms with Gasteiger partial charge in [-0.3, -0.25) is 4.57 Å². The standard InChI is InChI=1S/C13H15BrClN3O2S/c1-8(2)7-18-12(16-17-13(18)21(15,19)20)10-4-9(3)5-11(14)6-10/h4-6,8H,7H2,1-3H3. The maximum Gasteiger partial charge on any atom is 0.296 e. The zero-order valence-corrected chi connectivity index (χ0v) is 15.0. The van der Waals surface area contributed by atoms with Crippen LogP contribution in [0.5, 0.6) is 0 Å². The van der Waals surface area contributed by atoms with Crippen LogP contribution in [-0.2, 0) is 15.6 Å². The Morgan fingerprint density at radius 2 is 1.95 bits per heavy atom. The van der Waals surface area contributed by atoms with E-state index in [-0.39, 0.29) is 11.1 Å². The summed E-state index contributed by atoms with van der Waals surface area (Å²) in [4.78, 5) is 0. The van der Waals surface area contributed by atoms with E-state index in [1.54, 1.807) is 4.57 Å². The first kappa shape index (κ1) is 16.5. The quantitative estimate of drug-likeness (QED) is 0.746. The van der Waals surface area contributed by atoms with Gasteiger partial charge in [0.05, 0.1) is 0 Å².